The van der Waals surface area contributed by atoms with Crippen LogP contribution in [-0.2, 0) is 10.0 Å². The number of aromatic nitrogens is 2. The van der Waals surface area contributed by atoms with Crippen molar-refractivity contribution in [1.29, 1.82) is 0 Å². The Bertz CT molecular complexity index is 1010. The normalized spacial score (nSPS) is 16.8. The molecule has 0 unspecified atom stereocenters. The molecular formula is C17H16ClN3O3S2. The number of benzene rings is 1. The highest BCUT2D eigenvalue weighted by atomic mass is 35.5. The summed E-state index contributed by atoms with van der Waals surface area (Å²) in [7, 11) is -3.51. The zero-order valence-corrected chi connectivity index (χ0v) is 16.1. The van der Waals surface area contributed by atoms with Crippen molar-refractivity contribution in [3.8, 4) is 5.88 Å². The van der Waals surface area contributed by atoms with Gasteiger partial charge >= 0.3 is 0 Å². The summed E-state index contributed by atoms with van der Waals surface area (Å²) in [6.45, 7) is 0.822. The molecule has 3 aromatic rings. The van der Waals surface area contributed by atoms with Crippen LogP contribution < -0.4 is 4.74 Å². The van der Waals surface area contributed by atoms with E-state index in [9.17, 15) is 8.42 Å². The first-order valence-corrected chi connectivity index (χ1v) is 10.8. The molecule has 0 bridgehead atoms. The maximum Gasteiger partial charge on any atom is 0.243 e. The molecule has 1 saturated heterocycles. The largest absolute Gasteiger partial charge is 0.473 e. The first-order valence-electron chi connectivity index (χ1n) is 8.14. The van der Waals surface area contributed by atoms with Crippen molar-refractivity contribution in [2.45, 2.75) is 23.8 Å². The number of rotatable bonds is 4. The minimum atomic E-state index is -3.51. The van der Waals surface area contributed by atoms with E-state index in [4.69, 9.17) is 16.3 Å². The number of hydrogen-bond acceptors (Lipinski definition) is 6. The Morgan fingerprint density at radius 3 is 2.58 bits per heavy atom. The lowest BCUT2D eigenvalue weighted by Gasteiger charge is -2.31. The third-order valence-corrected chi connectivity index (χ3v) is 7.40. The van der Waals surface area contributed by atoms with Crippen LogP contribution in [0.1, 0.15) is 12.8 Å². The first-order chi connectivity index (χ1) is 12.5. The molecule has 136 valence electrons. The Hall–Kier alpha value is -1.74. The summed E-state index contributed by atoms with van der Waals surface area (Å²) < 4.78 is 33.9. The van der Waals surface area contributed by atoms with Crippen LogP contribution in [0.15, 0.2) is 46.9 Å². The Kier molecular flexibility index (Phi) is 4.83. The zero-order valence-electron chi connectivity index (χ0n) is 13.7. The number of thiophene rings is 1. The summed E-state index contributed by atoms with van der Waals surface area (Å²) in [4.78, 5) is 8.69. The summed E-state index contributed by atoms with van der Waals surface area (Å²) in [5.74, 6) is 0.573. The summed E-state index contributed by atoms with van der Waals surface area (Å²) >= 11 is 7.38. The molecule has 26 heavy (non-hydrogen) atoms. The second kappa shape index (κ2) is 7.11. The van der Waals surface area contributed by atoms with E-state index in [1.807, 2.05) is 11.4 Å². The number of ether oxygens (including phenoxy) is 1. The summed E-state index contributed by atoms with van der Waals surface area (Å²) in [6.07, 6.45) is 2.66. The molecule has 6 nitrogen and oxygen atoms in total. The highest BCUT2D eigenvalue weighted by Gasteiger charge is 2.30. The lowest BCUT2D eigenvalue weighted by Crippen LogP contribution is -2.41. The third-order valence-electron chi connectivity index (χ3n) is 4.34. The molecule has 0 radical (unpaired) electrons. The standard InChI is InChI=1S/C17H16ClN3O3S2/c18-12-1-3-14(4-2-12)26(22,23)21-8-5-13(6-9-21)24-17-16-15(7-10-25-16)19-11-20-17/h1-4,7,10-11,13H,5-6,8-9H2. The number of hydrogen-bond donors (Lipinski definition) is 0. The lowest BCUT2D eigenvalue weighted by molar-refractivity contribution is 0.132. The number of fused-ring (bicyclic) bond motifs is 1. The van der Waals surface area contributed by atoms with Crippen LogP contribution in [0.25, 0.3) is 10.2 Å². The smallest absolute Gasteiger partial charge is 0.243 e. The van der Waals surface area contributed by atoms with E-state index >= 15 is 0 Å². The van der Waals surface area contributed by atoms with E-state index in [0.717, 1.165) is 10.2 Å². The molecule has 2 aromatic heterocycles. The van der Waals surface area contributed by atoms with Gasteiger partial charge in [-0.05, 0) is 48.6 Å². The highest BCUT2D eigenvalue weighted by Crippen LogP contribution is 2.29. The van der Waals surface area contributed by atoms with Gasteiger partial charge in [-0.15, -0.1) is 11.3 Å². The fourth-order valence-electron chi connectivity index (χ4n) is 2.95. The lowest BCUT2D eigenvalue weighted by atomic mass is 10.1. The van der Waals surface area contributed by atoms with Gasteiger partial charge in [0.15, 0.2) is 0 Å². The van der Waals surface area contributed by atoms with E-state index in [0.29, 0.717) is 36.8 Å². The van der Waals surface area contributed by atoms with Crippen LogP contribution in [0.3, 0.4) is 0 Å². The number of piperidine rings is 1. The predicted molar refractivity (Wildman–Crippen MR) is 101 cm³/mol. The molecule has 1 aliphatic heterocycles. The van der Waals surface area contributed by atoms with Gasteiger partial charge in [-0.1, -0.05) is 11.6 Å². The van der Waals surface area contributed by atoms with E-state index in [-0.39, 0.29) is 11.0 Å². The highest BCUT2D eigenvalue weighted by molar-refractivity contribution is 7.89. The van der Waals surface area contributed by atoms with Gasteiger partial charge in [-0.25, -0.2) is 18.4 Å². The summed E-state index contributed by atoms with van der Waals surface area (Å²) in [5, 5.41) is 2.47. The minimum Gasteiger partial charge on any atom is -0.473 e. The first kappa shape index (κ1) is 17.7. The predicted octanol–water partition coefficient (Wildman–Crippen LogP) is 3.58. The third kappa shape index (κ3) is 3.42. The van der Waals surface area contributed by atoms with Crippen molar-refractivity contribution >= 4 is 43.2 Å². The Morgan fingerprint density at radius 2 is 1.85 bits per heavy atom. The monoisotopic (exact) mass is 409 g/mol. The quantitative estimate of drug-likeness (QED) is 0.658. The molecule has 3 heterocycles. The molecule has 1 aromatic carbocycles. The molecule has 0 aliphatic carbocycles. The van der Waals surface area contributed by atoms with Gasteiger partial charge in [0.25, 0.3) is 0 Å². The van der Waals surface area contributed by atoms with Crippen molar-refractivity contribution in [3.05, 3.63) is 47.1 Å². The summed E-state index contributed by atoms with van der Waals surface area (Å²) in [6, 6.07) is 8.18. The van der Waals surface area contributed by atoms with Crippen LogP contribution in [0.4, 0.5) is 0 Å². The van der Waals surface area contributed by atoms with Gasteiger partial charge in [0.1, 0.15) is 17.1 Å². The Labute approximate surface area is 160 Å². The SMILES string of the molecule is O=S(=O)(c1ccc(Cl)cc1)N1CCC(Oc2ncnc3ccsc23)CC1. The van der Waals surface area contributed by atoms with Gasteiger partial charge in [0, 0.05) is 18.1 Å². The molecule has 0 saturated carbocycles. The van der Waals surface area contributed by atoms with E-state index in [1.54, 1.807) is 12.1 Å². The molecule has 0 spiro atoms. The molecular weight excluding hydrogens is 394 g/mol. The maximum atomic E-state index is 12.7. The van der Waals surface area contributed by atoms with E-state index < -0.39 is 10.0 Å². The van der Waals surface area contributed by atoms with Crippen molar-refractivity contribution in [2.24, 2.45) is 0 Å². The van der Waals surface area contributed by atoms with Crippen LogP contribution >= 0.6 is 22.9 Å². The second-order valence-electron chi connectivity index (χ2n) is 5.99. The zero-order chi connectivity index (χ0) is 18.1. The fourth-order valence-corrected chi connectivity index (χ4v) is 5.33. The molecule has 1 aliphatic rings. The van der Waals surface area contributed by atoms with Crippen molar-refractivity contribution in [3.63, 3.8) is 0 Å². The van der Waals surface area contributed by atoms with Crippen molar-refractivity contribution in [1.82, 2.24) is 14.3 Å². The Balaban J connectivity index is 1.44. The van der Waals surface area contributed by atoms with Crippen molar-refractivity contribution < 1.29 is 13.2 Å². The second-order valence-corrected chi connectivity index (χ2v) is 9.28. The molecule has 0 amide bonds. The molecule has 0 atom stereocenters. The van der Waals surface area contributed by atoms with Crippen LogP contribution in [0.5, 0.6) is 5.88 Å². The minimum absolute atomic E-state index is 0.0631. The fraction of sp³-hybridized carbons (Fsp3) is 0.294. The molecule has 4 rings (SSSR count). The molecule has 1 fully saturated rings. The van der Waals surface area contributed by atoms with Gasteiger partial charge in [0.2, 0.25) is 15.9 Å². The van der Waals surface area contributed by atoms with Gasteiger partial charge in [0.05, 0.1) is 10.4 Å². The number of halogens is 1. The van der Waals surface area contributed by atoms with Gasteiger partial charge < -0.3 is 4.74 Å². The average Bonchev–Trinajstić information content (AvgIpc) is 3.12. The van der Waals surface area contributed by atoms with Crippen LogP contribution in [0.2, 0.25) is 5.02 Å². The van der Waals surface area contributed by atoms with Crippen molar-refractivity contribution in [2.75, 3.05) is 13.1 Å². The maximum absolute atomic E-state index is 12.7. The van der Waals surface area contributed by atoms with Gasteiger partial charge in [-0.2, -0.15) is 4.31 Å². The number of sulfonamides is 1. The summed E-state index contributed by atoms with van der Waals surface area (Å²) in [5.41, 5.74) is 0.864. The average molecular weight is 410 g/mol. The van der Waals surface area contributed by atoms with Gasteiger partial charge in [-0.3, -0.25) is 0 Å². The van der Waals surface area contributed by atoms with E-state index in [1.165, 1.54) is 34.1 Å². The Morgan fingerprint density at radius 1 is 1.12 bits per heavy atom. The molecule has 0 N–H and O–H groups in total. The van der Waals surface area contributed by atoms with Crippen LogP contribution in [0, 0.1) is 0 Å². The number of nitrogens with zero attached hydrogens (tertiary/aromatic N) is 3. The molecule has 9 heteroatoms. The topological polar surface area (TPSA) is 72.4 Å². The van der Waals surface area contributed by atoms with E-state index in [2.05, 4.69) is 9.97 Å². The van der Waals surface area contributed by atoms with Crippen LogP contribution in [-0.4, -0.2) is 41.9 Å².